The Kier molecular flexibility index (Phi) is 4.93. The molecule has 3 aromatic heterocycles. The van der Waals surface area contributed by atoms with Crippen LogP contribution in [0.4, 0.5) is 0 Å². The lowest BCUT2D eigenvalue weighted by Gasteiger charge is -2.32. The third kappa shape index (κ3) is 3.66. The van der Waals surface area contributed by atoms with E-state index >= 15 is 0 Å². The average Bonchev–Trinajstić information content (AvgIpc) is 3.34. The minimum absolute atomic E-state index is 0.00641. The molecule has 0 unspecified atom stereocenters. The van der Waals surface area contributed by atoms with E-state index in [4.69, 9.17) is 4.98 Å². The molecule has 150 valence electrons. The lowest BCUT2D eigenvalue weighted by Crippen LogP contribution is -2.41. The summed E-state index contributed by atoms with van der Waals surface area (Å²) < 4.78 is 0. The molecule has 1 saturated heterocycles. The number of nitrogens with one attached hydrogen (secondary N) is 1. The second kappa shape index (κ2) is 8.02. The molecule has 0 saturated carbocycles. The fraction of sp³-hybridized carbons (Fsp3) is 0.261. The summed E-state index contributed by atoms with van der Waals surface area (Å²) in [6.45, 7) is 1.47. The number of likely N-dealkylation sites (tertiary alicyclic amines) is 1. The number of fused-ring (bicyclic) bond motifs is 1. The molecule has 7 nitrogen and oxygen atoms in total. The first-order chi connectivity index (χ1) is 14.8. The summed E-state index contributed by atoms with van der Waals surface area (Å²) in [6.07, 6.45) is 11.5. The fourth-order valence-electron chi connectivity index (χ4n) is 4.18. The normalized spacial score (nSPS) is 16.7. The third-order valence-corrected chi connectivity index (χ3v) is 5.61. The maximum Gasteiger partial charge on any atom is 0.273 e. The maximum absolute atomic E-state index is 13.2. The minimum Gasteiger partial charge on any atom is -0.343 e. The lowest BCUT2D eigenvalue weighted by atomic mass is 9.93. The Morgan fingerprint density at radius 1 is 1.13 bits per heavy atom. The fourth-order valence-corrected chi connectivity index (χ4v) is 4.18. The van der Waals surface area contributed by atoms with Gasteiger partial charge in [-0.15, -0.1) is 0 Å². The van der Waals surface area contributed by atoms with Crippen molar-refractivity contribution in [2.24, 2.45) is 5.92 Å². The molecule has 30 heavy (non-hydrogen) atoms. The first kappa shape index (κ1) is 18.4. The second-order valence-electron chi connectivity index (χ2n) is 7.68. The smallest absolute Gasteiger partial charge is 0.273 e. The first-order valence-corrected chi connectivity index (χ1v) is 10.2. The molecule has 0 bridgehead atoms. The van der Waals surface area contributed by atoms with Crippen LogP contribution in [-0.4, -0.2) is 48.8 Å². The molecule has 1 atom stereocenters. The van der Waals surface area contributed by atoms with Gasteiger partial charge in [0.1, 0.15) is 11.4 Å². The highest BCUT2D eigenvalue weighted by molar-refractivity contribution is 6.05. The summed E-state index contributed by atoms with van der Waals surface area (Å²) in [5.41, 5.74) is 2.20. The second-order valence-corrected chi connectivity index (χ2v) is 7.68. The van der Waals surface area contributed by atoms with Gasteiger partial charge in [-0.2, -0.15) is 0 Å². The molecule has 1 aromatic carbocycles. The van der Waals surface area contributed by atoms with E-state index in [1.165, 1.54) is 0 Å². The Balaban J connectivity index is 1.33. The van der Waals surface area contributed by atoms with Crippen molar-refractivity contribution in [1.29, 1.82) is 0 Å². The quantitative estimate of drug-likeness (QED) is 0.568. The molecular weight excluding hydrogens is 376 g/mol. The van der Waals surface area contributed by atoms with E-state index < -0.39 is 0 Å². The highest BCUT2D eigenvalue weighted by Crippen LogP contribution is 2.24. The molecule has 1 aliphatic rings. The molecule has 7 heteroatoms. The van der Waals surface area contributed by atoms with Gasteiger partial charge in [-0.1, -0.05) is 24.3 Å². The van der Waals surface area contributed by atoms with Gasteiger partial charge in [0, 0.05) is 43.3 Å². The van der Waals surface area contributed by atoms with Gasteiger partial charge < -0.3 is 9.88 Å². The number of aromatic amines is 1. The minimum atomic E-state index is 0.00641. The van der Waals surface area contributed by atoms with Crippen molar-refractivity contribution < 1.29 is 4.79 Å². The van der Waals surface area contributed by atoms with Crippen LogP contribution < -0.4 is 0 Å². The molecule has 0 radical (unpaired) electrons. The highest BCUT2D eigenvalue weighted by atomic mass is 16.2. The predicted octanol–water partition coefficient (Wildman–Crippen LogP) is 3.51. The molecule has 4 heterocycles. The summed E-state index contributed by atoms with van der Waals surface area (Å²) in [6, 6.07) is 9.84. The van der Waals surface area contributed by atoms with Crippen molar-refractivity contribution in [3.05, 3.63) is 72.7 Å². The number of H-pyrrole nitrogens is 1. The molecule has 1 aliphatic heterocycles. The Hall–Kier alpha value is -3.61. The maximum atomic E-state index is 13.2. The van der Waals surface area contributed by atoms with Gasteiger partial charge >= 0.3 is 0 Å². The molecular formula is C23H22N6O. The number of nitrogens with zero attached hydrogens (tertiary/aromatic N) is 5. The van der Waals surface area contributed by atoms with E-state index in [-0.39, 0.29) is 5.91 Å². The molecule has 1 amide bonds. The zero-order valence-electron chi connectivity index (χ0n) is 16.5. The number of imidazole rings is 1. The van der Waals surface area contributed by atoms with Crippen LogP contribution in [0.3, 0.4) is 0 Å². The van der Waals surface area contributed by atoms with Crippen LogP contribution >= 0.6 is 0 Å². The number of hydrogen-bond acceptors (Lipinski definition) is 5. The number of benzene rings is 1. The standard InChI is InChI=1S/C23H22N6O/c30-23(21-19-6-2-1-5-17(19)7-8-25-21)29-11-3-4-16(15-29)12-18-13-24-14-20(28-18)22-26-9-10-27-22/h1-2,5-10,13-14,16H,3-4,11-12,15H2,(H,26,27)/t16-/m0/s1. The van der Waals surface area contributed by atoms with Crippen molar-refractivity contribution in [3.8, 4) is 11.5 Å². The molecule has 1 N–H and O–H groups in total. The largest absolute Gasteiger partial charge is 0.343 e. The number of aromatic nitrogens is 5. The summed E-state index contributed by atoms with van der Waals surface area (Å²) in [7, 11) is 0. The van der Waals surface area contributed by atoms with Crippen LogP contribution in [0.1, 0.15) is 29.0 Å². The number of rotatable bonds is 4. The van der Waals surface area contributed by atoms with Gasteiger partial charge in [-0.05, 0) is 36.6 Å². The number of hydrogen-bond donors (Lipinski definition) is 1. The zero-order valence-corrected chi connectivity index (χ0v) is 16.5. The van der Waals surface area contributed by atoms with E-state index in [1.807, 2.05) is 35.2 Å². The van der Waals surface area contributed by atoms with Gasteiger partial charge in [0.2, 0.25) is 0 Å². The van der Waals surface area contributed by atoms with Crippen LogP contribution in [0.15, 0.2) is 61.3 Å². The molecule has 5 rings (SSSR count). The number of amides is 1. The van der Waals surface area contributed by atoms with Crippen LogP contribution in [0.25, 0.3) is 22.3 Å². The van der Waals surface area contributed by atoms with Crippen LogP contribution in [0.2, 0.25) is 0 Å². The van der Waals surface area contributed by atoms with Gasteiger partial charge in [-0.3, -0.25) is 14.8 Å². The zero-order chi connectivity index (χ0) is 20.3. The van der Waals surface area contributed by atoms with Crippen LogP contribution in [-0.2, 0) is 6.42 Å². The topological polar surface area (TPSA) is 87.7 Å². The van der Waals surface area contributed by atoms with Crippen molar-refractivity contribution in [1.82, 2.24) is 29.8 Å². The number of carbonyl (C=O) groups excluding carboxylic acids is 1. The molecule has 0 aliphatic carbocycles. The predicted molar refractivity (Wildman–Crippen MR) is 114 cm³/mol. The number of piperidine rings is 1. The Morgan fingerprint density at radius 2 is 2.07 bits per heavy atom. The van der Waals surface area contributed by atoms with E-state index in [0.29, 0.717) is 24.0 Å². The van der Waals surface area contributed by atoms with Crippen molar-refractivity contribution in [2.75, 3.05) is 13.1 Å². The van der Waals surface area contributed by atoms with E-state index in [0.717, 1.165) is 48.0 Å². The van der Waals surface area contributed by atoms with Crippen LogP contribution in [0.5, 0.6) is 0 Å². The third-order valence-electron chi connectivity index (χ3n) is 5.61. The summed E-state index contributed by atoms with van der Waals surface area (Å²) in [4.78, 5) is 35.9. The summed E-state index contributed by atoms with van der Waals surface area (Å²) >= 11 is 0. The first-order valence-electron chi connectivity index (χ1n) is 10.2. The Labute approximate surface area is 174 Å². The molecule has 4 aromatic rings. The van der Waals surface area contributed by atoms with Gasteiger partial charge in [-0.25, -0.2) is 9.97 Å². The van der Waals surface area contributed by atoms with Crippen molar-refractivity contribution in [3.63, 3.8) is 0 Å². The monoisotopic (exact) mass is 398 g/mol. The molecule has 0 spiro atoms. The van der Waals surface area contributed by atoms with Crippen molar-refractivity contribution in [2.45, 2.75) is 19.3 Å². The number of pyridine rings is 1. The molecule has 1 fully saturated rings. The highest BCUT2D eigenvalue weighted by Gasteiger charge is 2.26. The average molecular weight is 398 g/mol. The van der Waals surface area contributed by atoms with E-state index in [2.05, 4.69) is 19.9 Å². The Bertz CT molecular complexity index is 1170. The van der Waals surface area contributed by atoms with Crippen molar-refractivity contribution >= 4 is 16.7 Å². The van der Waals surface area contributed by atoms with E-state index in [9.17, 15) is 4.79 Å². The van der Waals surface area contributed by atoms with Crippen LogP contribution in [0, 0.1) is 5.92 Å². The lowest BCUT2D eigenvalue weighted by molar-refractivity contribution is 0.0669. The van der Waals surface area contributed by atoms with Gasteiger partial charge in [0.25, 0.3) is 5.91 Å². The van der Waals surface area contributed by atoms with Gasteiger partial charge in [0.05, 0.1) is 11.9 Å². The number of carbonyl (C=O) groups is 1. The van der Waals surface area contributed by atoms with Gasteiger partial charge in [0.15, 0.2) is 5.82 Å². The van der Waals surface area contributed by atoms with E-state index in [1.54, 1.807) is 31.0 Å². The summed E-state index contributed by atoms with van der Waals surface area (Å²) in [5.74, 6) is 1.07. The summed E-state index contributed by atoms with van der Waals surface area (Å²) in [5, 5.41) is 1.94. The Morgan fingerprint density at radius 3 is 2.97 bits per heavy atom. The SMILES string of the molecule is O=C(c1nccc2ccccc12)N1CCC[C@@H](Cc2cncc(-c3ncc[nH]3)n2)C1.